The molecule has 2 aromatic carbocycles. The zero-order chi connectivity index (χ0) is 16.7. The van der Waals surface area contributed by atoms with E-state index in [1.165, 1.54) is 3.57 Å². The van der Waals surface area contributed by atoms with Crippen molar-refractivity contribution in [3.05, 3.63) is 72.5 Å². The van der Waals surface area contributed by atoms with Crippen molar-refractivity contribution in [2.75, 3.05) is 11.9 Å². The third kappa shape index (κ3) is 5.55. The third-order valence-corrected chi connectivity index (χ3v) is 6.28. The Morgan fingerprint density at radius 3 is 2.39 bits per heavy atom. The smallest absolute Gasteiger partial charge is 0.387 e. The molecule has 0 aromatic heterocycles. The van der Waals surface area contributed by atoms with Gasteiger partial charge in [-0.05, 0) is 50.2 Å². The summed E-state index contributed by atoms with van der Waals surface area (Å²) in [7, 11) is 0. The highest BCUT2D eigenvalue weighted by atomic mass is 127. The van der Waals surface area contributed by atoms with E-state index in [-0.39, 0.29) is 5.97 Å². The highest BCUT2D eigenvalue weighted by molar-refractivity contribution is 6.30. The zero-order valence-corrected chi connectivity index (χ0v) is 15.9. The number of carbonyl (C=O) groups is 1. The fourth-order valence-electron chi connectivity index (χ4n) is 1.85. The Balaban J connectivity index is 2.26. The molecule has 0 aliphatic heterocycles. The van der Waals surface area contributed by atoms with Crippen molar-refractivity contribution < 1.29 is 30.7 Å². The van der Waals surface area contributed by atoms with Crippen LogP contribution in [-0.2, 0) is 9.53 Å². The topological polar surface area (TPSA) is 38.3 Å². The minimum Gasteiger partial charge on any atom is -0.459 e. The van der Waals surface area contributed by atoms with E-state index in [0.717, 1.165) is 15.0 Å². The maximum Gasteiger partial charge on any atom is 0.387 e. The lowest BCUT2D eigenvalue weighted by atomic mass is 10.3. The summed E-state index contributed by atoms with van der Waals surface area (Å²) in [5, 5.41) is 3.96. The first-order valence-electron chi connectivity index (χ1n) is 7.20. The Labute approximate surface area is 152 Å². The number of allylic oxidation sites excluding steroid dienone is 1. The van der Waals surface area contributed by atoms with Gasteiger partial charge in [0.25, 0.3) is 3.58 Å². The summed E-state index contributed by atoms with van der Waals surface area (Å²) < 4.78 is 7.13. The summed E-state index contributed by atoms with van der Waals surface area (Å²) in [5.41, 5.74) is 1.72. The lowest BCUT2D eigenvalue weighted by Gasteiger charge is -2.07. The van der Waals surface area contributed by atoms with Crippen molar-refractivity contribution in [2.45, 2.75) is 13.8 Å². The zero-order valence-electron chi connectivity index (χ0n) is 13.0. The average Bonchev–Trinajstić information content (AvgIpc) is 2.56. The van der Waals surface area contributed by atoms with Crippen LogP contribution < -0.4 is 26.5 Å². The lowest BCUT2D eigenvalue weighted by Crippen LogP contribution is -3.61. The number of anilines is 1. The van der Waals surface area contributed by atoms with Crippen molar-refractivity contribution in [3.8, 4) is 0 Å². The summed E-state index contributed by atoms with van der Waals surface area (Å²) in [5.74, 6) is -0.247. The predicted molar refractivity (Wildman–Crippen MR) is 89.5 cm³/mol. The Kier molecular flexibility index (Phi) is 6.92. The van der Waals surface area contributed by atoms with Crippen molar-refractivity contribution in [2.24, 2.45) is 0 Å². The molecule has 0 amide bonds. The predicted octanol–water partition coefficient (Wildman–Crippen LogP) is 1.51. The summed E-state index contributed by atoms with van der Waals surface area (Å²) >= 11 is 5.28. The fourth-order valence-corrected chi connectivity index (χ4v) is 4.29. The molecule has 0 saturated carbocycles. The Morgan fingerprint density at radius 1 is 1.13 bits per heavy atom. The van der Waals surface area contributed by atoms with Crippen LogP contribution >= 0.6 is 11.6 Å². The second kappa shape index (κ2) is 8.93. The van der Waals surface area contributed by atoms with E-state index >= 15 is 0 Å². The quantitative estimate of drug-likeness (QED) is 0.419. The number of hydrogen-bond acceptors (Lipinski definition) is 3. The van der Waals surface area contributed by atoms with E-state index in [2.05, 4.69) is 5.32 Å². The van der Waals surface area contributed by atoms with Gasteiger partial charge in [0.15, 0.2) is 3.57 Å². The molecule has 0 aliphatic carbocycles. The highest BCUT2D eigenvalue weighted by Gasteiger charge is 2.31. The molecular formula is C18H18ClINO2+. The molecule has 0 radical (unpaired) electrons. The number of halogens is 2. The molecule has 5 heteroatoms. The van der Waals surface area contributed by atoms with Crippen molar-refractivity contribution >= 4 is 23.3 Å². The molecule has 2 aromatic rings. The van der Waals surface area contributed by atoms with Crippen LogP contribution in [0.4, 0.5) is 5.69 Å². The van der Waals surface area contributed by atoms with Crippen LogP contribution in [0.25, 0.3) is 0 Å². The van der Waals surface area contributed by atoms with Gasteiger partial charge in [-0.3, -0.25) is 0 Å². The Bertz CT molecular complexity index is 684. The molecular weight excluding hydrogens is 425 g/mol. The summed E-state index contributed by atoms with van der Waals surface area (Å²) in [4.78, 5) is 12.3. The molecule has 0 saturated heterocycles. The number of benzene rings is 2. The molecule has 0 unspecified atom stereocenters. The van der Waals surface area contributed by atoms with Crippen LogP contribution in [0.5, 0.6) is 0 Å². The summed E-state index contributed by atoms with van der Waals surface area (Å²) in [6.45, 7) is 4.09. The maximum atomic E-state index is 12.3. The van der Waals surface area contributed by atoms with Gasteiger partial charge in [0.2, 0.25) is 0 Å². The Morgan fingerprint density at radius 2 is 1.78 bits per heavy atom. The van der Waals surface area contributed by atoms with Gasteiger partial charge in [-0.1, -0.05) is 29.8 Å². The number of ether oxygens (including phenoxy) is 1. The van der Waals surface area contributed by atoms with Gasteiger partial charge in [0.1, 0.15) is 0 Å². The molecule has 0 bridgehead atoms. The van der Waals surface area contributed by atoms with Crippen LogP contribution in [0.2, 0.25) is 5.02 Å². The molecule has 0 heterocycles. The fraction of sp³-hybridized carbons (Fsp3) is 0.167. The molecule has 0 aliphatic rings. The number of rotatable bonds is 6. The molecule has 3 nitrogen and oxygen atoms in total. The minimum absolute atomic E-state index is 0.247. The molecule has 1 N–H and O–H groups in total. The lowest BCUT2D eigenvalue weighted by molar-refractivity contribution is -0.572. The standard InChI is InChI=1S/C18H17ClINO2/c1-3-23-18(22)17(20-15-7-5-4-6-8-15)13(2)21-16-11-9-14(19)10-12-16/h4-12H,3H2,1-2H3/p+1. The van der Waals surface area contributed by atoms with Crippen LogP contribution in [0, 0.1) is 3.57 Å². The van der Waals surface area contributed by atoms with Crippen LogP contribution in [0.3, 0.4) is 0 Å². The Hall–Kier alpha value is -1.53. The first-order chi connectivity index (χ1) is 11.1. The second-order valence-electron chi connectivity index (χ2n) is 4.68. The normalized spacial score (nSPS) is 11.6. The van der Waals surface area contributed by atoms with Crippen molar-refractivity contribution in [3.63, 3.8) is 0 Å². The van der Waals surface area contributed by atoms with Crippen molar-refractivity contribution in [1.29, 1.82) is 0 Å². The molecule has 120 valence electrons. The van der Waals surface area contributed by atoms with Gasteiger partial charge >= 0.3 is 27.2 Å². The molecule has 0 atom stereocenters. The van der Waals surface area contributed by atoms with Gasteiger partial charge < -0.3 is 10.1 Å². The van der Waals surface area contributed by atoms with Gasteiger partial charge in [0.05, 0.1) is 12.3 Å². The first-order valence-corrected chi connectivity index (χ1v) is 9.74. The molecule has 0 spiro atoms. The second-order valence-corrected chi connectivity index (χ2v) is 7.98. The molecule has 23 heavy (non-hydrogen) atoms. The monoisotopic (exact) mass is 442 g/mol. The number of carbonyl (C=O) groups excluding carboxylic acids is 1. The summed E-state index contributed by atoms with van der Waals surface area (Å²) in [6.07, 6.45) is 0. The van der Waals surface area contributed by atoms with Crippen LogP contribution in [0.15, 0.2) is 63.9 Å². The van der Waals surface area contributed by atoms with Crippen molar-refractivity contribution in [1.82, 2.24) is 0 Å². The minimum atomic E-state index is -0.620. The SMILES string of the molecule is CCOC(=O)/C([I+]c1ccccc1)=C(/C)Nc1ccc(Cl)cc1. The number of nitrogens with one attached hydrogen (secondary N) is 1. The van der Waals surface area contributed by atoms with E-state index in [9.17, 15) is 4.79 Å². The average molecular weight is 443 g/mol. The van der Waals surface area contributed by atoms with Gasteiger partial charge in [-0.25, -0.2) is 4.79 Å². The number of hydrogen-bond donors (Lipinski definition) is 1. The molecule has 2 rings (SSSR count). The van der Waals surface area contributed by atoms with Crippen LogP contribution in [-0.4, -0.2) is 12.6 Å². The van der Waals surface area contributed by atoms with E-state index < -0.39 is 21.2 Å². The summed E-state index contributed by atoms with van der Waals surface area (Å²) in [6, 6.07) is 17.4. The van der Waals surface area contributed by atoms with Gasteiger partial charge in [-0.2, -0.15) is 0 Å². The first kappa shape index (κ1) is 17.8. The van der Waals surface area contributed by atoms with Gasteiger partial charge in [0, 0.05) is 10.7 Å². The third-order valence-electron chi connectivity index (χ3n) is 2.90. The highest BCUT2D eigenvalue weighted by Crippen LogP contribution is 2.15. The molecule has 0 fully saturated rings. The van der Waals surface area contributed by atoms with E-state index in [0.29, 0.717) is 11.6 Å². The van der Waals surface area contributed by atoms with Gasteiger partial charge in [-0.15, -0.1) is 0 Å². The maximum absolute atomic E-state index is 12.3. The van der Waals surface area contributed by atoms with Crippen LogP contribution in [0.1, 0.15) is 13.8 Å². The van der Waals surface area contributed by atoms with E-state index in [4.69, 9.17) is 16.3 Å². The van der Waals surface area contributed by atoms with E-state index in [1.54, 1.807) is 0 Å². The number of esters is 1. The largest absolute Gasteiger partial charge is 0.459 e. The van der Waals surface area contributed by atoms with E-state index in [1.807, 2.05) is 68.4 Å².